The largest absolute Gasteiger partial charge is 0.345 e. The van der Waals surface area contributed by atoms with Crippen molar-refractivity contribution in [3.05, 3.63) is 70.8 Å². The number of H-pyrrole nitrogens is 1. The highest BCUT2D eigenvalue weighted by atomic mass is 35.5. The van der Waals surface area contributed by atoms with Crippen molar-refractivity contribution in [1.82, 2.24) is 19.7 Å². The molecule has 0 amide bonds. The van der Waals surface area contributed by atoms with Gasteiger partial charge in [0.2, 0.25) is 5.78 Å². The number of rotatable bonds is 3. The summed E-state index contributed by atoms with van der Waals surface area (Å²) in [7, 11) is 1.68. The van der Waals surface area contributed by atoms with E-state index in [0.717, 1.165) is 6.07 Å². The van der Waals surface area contributed by atoms with Gasteiger partial charge in [-0.15, -0.1) is 0 Å². The second-order valence-electron chi connectivity index (χ2n) is 5.77. The van der Waals surface area contributed by atoms with Crippen LogP contribution in [0.15, 0.2) is 43.0 Å². The lowest BCUT2D eigenvalue weighted by atomic mass is 9.98. The van der Waals surface area contributed by atoms with Crippen molar-refractivity contribution in [2.75, 3.05) is 0 Å². The highest BCUT2D eigenvalue weighted by Crippen LogP contribution is 2.30. The molecule has 3 aromatic heterocycles. The zero-order valence-electron chi connectivity index (χ0n) is 13.4. The molecule has 0 aliphatic carbocycles. The van der Waals surface area contributed by atoms with Crippen LogP contribution in [-0.4, -0.2) is 25.5 Å². The van der Waals surface area contributed by atoms with Crippen molar-refractivity contribution in [3.8, 4) is 11.1 Å². The molecule has 0 saturated carbocycles. The van der Waals surface area contributed by atoms with E-state index in [1.165, 1.54) is 35.4 Å². The van der Waals surface area contributed by atoms with Crippen molar-refractivity contribution >= 4 is 28.4 Å². The van der Waals surface area contributed by atoms with Crippen LogP contribution in [-0.2, 0) is 7.05 Å². The average molecular weight is 373 g/mol. The molecule has 0 aliphatic rings. The summed E-state index contributed by atoms with van der Waals surface area (Å²) in [6.07, 6.45) is 5.81. The fourth-order valence-electron chi connectivity index (χ4n) is 2.84. The highest BCUT2D eigenvalue weighted by Gasteiger charge is 2.25. The van der Waals surface area contributed by atoms with Gasteiger partial charge in [-0.25, -0.2) is 13.8 Å². The predicted octanol–water partition coefficient (Wildman–Crippen LogP) is 4.13. The maximum absolute atomic E-state index is 15.0. The summed E-state index contributed by atoms with van der Waals surface area (Å²) < 4.78 is 30.8. The molecule has 3 heterocycles. The monoisotopic (exact) mass is 372 g/mol. The van der Waals surface area contributed by atoms with E-state index >= 15 is 4.39 Å². The number of hydrogen-bond acceptors (Lipinski definition) is 3. The number of aryl methyl sites for hydroxylation is 1. The molecule has 0 saturated heterocycles. The Bertz CT molecular complexity index is 1170. The quantitative estimate of drug-likeness (QED) is 0.550. The molecule has 5 nitrogen and oxygen atoms in total. The SMILES string of the molecule is Cn1cc(-c2ccc(F)c(C(=O)c3c[nH]c4ncc(Cl)cc34)c2F)cn1. The first-order chi connectivity index (χ1) is 12.5. The van der Waals surface area contributed by atoms with Gasteiger partial charge in [0.1, 0.15) is 17.3 Å². The van der Waals surface area contributed by atoms with Crippen LogP contribution in [0, 0.1) is 11.6 Å². The summed E-state index contributed by atoms with van der Waals surface area (Å²) in [6.45, 7) is 0. The predicted molar refractivity (Wildman–Crippen MR) is 93.1 cm³/mol. The van der Waals surface area contributed by atoms with Gasteiger partial charge in [-0.2, -0.15) is 5.10 Å². The van der Waals surface area contributed by atoms with Crippen molar-refractivity contribution in [2.45, 2.75) is 0 Å². The van der Waals surface area contributed by atoms with Gasteiger partial charge >= 0.3 is 0 Å². The minimum absolute atomic E-state index is 0.0936. The average Bonchev–Trinajstić information content (AvgIpc) is 3.20. The normalized spacial score (nSPS) is 11.2. The molecule has 0 radical (unpaired) electrons. The Morgan fingerprint density at radius 1 is 1.27 bits per heavy atom. The second kappa shape index (κ2) is 6.03. The third-order valence-electron chi connectivity index (χ3n) is 4.08. The molecule has 0 spiro atoms. The van der Waals surface area contributed by atoms with Crippen molar-refractivity contribution in [2.24, 2.45) is 7.05 Å². The maximum atomic E-state index is 15.0. The van der Waals surface area contributed by atoms with Gasteiger partial charge in [0.15, 0.2) is 0 Å². The standard InChI is InChI=1S/C18H11ClF2N4O/c1-25-8-9(5-24-25)11-2-3-14(20)15(16(11)21)17(26)13-7-23-18-12(13)4-10(19)6-22-18/h2-8H,1H3,(H,22,23). The number of aromatic amines is 1. The van der Waals surface area contributed by atoms with Crippen LogP contribution in [0.25, 0.3) is 22.2 Å². The summed E-state index contributed by atoms with van der Waals surface area (Å²) in [5.41, 5.74) is 0.409. The Morgan fingerprint density at radius 3 is 2.81 bits per heavy atom. The highest BCUT2D eigenvalue weighted by molar-refractivity contribution is 6.31. The molecule has 0 unspecified atom stereocenters. The molecular weight excluding hydrogens is 362 g/mol. The number of halogens is 3. The van der Waals surface area contributed by atoms with Gasteiger partial charge in [-0.05, 0) is 18.2 Å². The Kier molecular flexibility index (Phi) is 3.81. The van der Waals surface area contributed by atoms with Crippen molar-refractivity contribution in [1.29, 1.82) is 0 Å². The van der Waals surface area contributed by atoms with Crippen LogP contribution in [0.5, 0.6) is 0 Å². The van der Waals surface area contributed by atoms with Gasteiger partial charge in [-0.1, -0.05) is 11.6 Å². The van der Waals surface area contributed by atoms with E-state index in [1.54, 1.807) is 13.2 Å². The smallest absolute Gasteiger partial charge is 0.201 e. The maximum Gasteiger partial charge on any atom is 0.201 e. The lowest BCUT2D eigenvalue weighted by molar-refractivity contribution is 0.103. The minimum atomic E-state index is -0.940. The van der Waals surface area contributed by atoms with Crippen LogP contribution >= 0.6 is 11.6 Å². The number of ketones is 1. The summed E-state index contributed by atoms with van der Waals surface area (Å²) in [6, 6.07) is 3.87. The second-order valence-corrected chi connectivity index (χ2v) is 6.20. The molecule has 4 aromatic rings. The molecule has 130 valence electrons. The number of carbonyl (C=O) groups is 1. The van der Waals surface area contributed by atoms with E-state index in [0.29, 0.717) is 21.6 Å². The molecule has 1 N–H and O–H groups in total. The Balaban J connectivity index is 1.89. The first-order valence-electron chi connectivity index (χ1n) is 7.60. The lowest BCUT2D eigenvalue weighted by Gasteiger charge is -2.08. The molecule has 0 aliphatic heterocycles. The van der Waals surface area contributed by atoms with Gasteiger partial charge in [0, 0.05) is 47.7 Å². The lowest BCUT2D eigenvalue weighted by Crippen LogP contribution is -2.08. The third kappa shape index (κ3) is 2.57. The van der Waals surface area contributed by atoms with E-state index in [2.05, 4.69) is 15.1 Å². The van der Waals surface area contributed by atoms with E-state index in [1.807, 2.05) is 0 Å². The number of carbonyl (C=O) groups excluding carboxylic acids is 1. The zero-order valence-corrected chi connectivity index (χ0v) is 14.2. The van der Waals surface area contributed by atoms with Gasteiger partial charge in [-0.3, -0.25) is 9.48 Å². The molecular formula is C18H11ClF2N4O. The molecule has 0 fully saturated rings. The summed E-state index contributed by atoms with van der Waals surface area (Å²) in [4.78, 5) is 19.7. The number of nitrogens with one attached hydrogen (secondary N) is 1. The Labute approximate surface area is 151 Å². The minimum Gasteiger partial charge on any atom is -0.345 e. The number of fused-ring (bicyclic) bond motifs is 1. The van der Waals surface area contributed by atoms with Crippen molar-refractivity contribution in [3.63, 3.8) is 0 Å². The third-order valence-corrected chi connectivity index (χ3v) is 4.28. The number of pyridine rings is 1. The van der Waals surface area contributed by atoms with Crippen LogP contribution < -0.4 is 0 Å². The topological polar surface area (TPSA) is 63.6 Å². The fourth-order valence-corrected chi connectivity index (χ4v) is 3.00. The number of hydrogen-bond donors (Lipinski definition) is 1. The molecule has 26 heavy (non-hydrogen) atoms. The number of nitrogens with zero attached hydrogens (tertiary/aromatic N) is 3. The number of aromatic nitrogens is 4. The molecule has 0 atom stereocenters. The molecule has 1 aromatic carbocycles. The molecule has 8 heteroatoms. The van der Waals surface area contributed by atoms with E-state index in [9.17, 15) is 9.18 Å². The number of benzene rings is 1. The van der Waals surface area contributed by atoms with Crippen LogP contribution in [0.1, 0.15) is 15.9 Å². The first-order valence-corrected chi connectivity index (χ1v) is 7.98. The molecule has 4 rings (SSSR count). The van der Waals surface area contributed by atoms with Crippen LogP contribution in [0.2, 0.25) is 5.02 Å². The Morgan fingerprint density at radius 2 is 2.08 bits per heavy atom. The summed E-state index contributed by atoms with van der Waals surface area (Å²) in [5, 5.41) is 4.69. The zero-order chi connectivity index (χ0) is 18.4. The van der Waals surface area contributed by atoms with Crippen LogP contribution in [0.4, 0.5) is 8.78 Å². The summed E-state index contributed by atoms with van der Waals surface area (Å²) in [5.74, 6) is -2.67. The van der Waals surface area contributed by atoms with E-state index in [4.69, 9.17) is 11.6 Å². The fraction of sp³-hybridized carbons (Fsp3) is 0.0556. The van der Waals surface area contributed by atoms with Gasteiger partial charge in [0.05, 0.1) is 16.8 Å². The Hall–Kier alpha value is -3.06. The van der Waals surface area contributed by atoms with E-state index in [-0.39, 0.29) is 11.1 Å². The van der Waals surface area contributed by atoms with E-state index < -0.39 is 23.0 Å². The summed E-state index contributed by atoms with van der Waals surface area (Å²) >= 11 is 5.92. The van der Waals surface area contributed by atoms with Crippen molar-refractivity contribution < 1.29 is 13.6 Å². The molecule has 0 bridgehead atoms. The van der Waals surface area contributed by atoms with Gasteiger partial charge < -0.3 is 4.98 Å². The van der Waals surface area contributed by atoms with Gasteiger partial charge in [0.25, 0.3) is 0 Å². The first kappa shape index (κ1) is 16.4. The van der Waals surface area contributed by atoms with Crippen LogP contribution in [0.3, 0.4) is 0 Å².